The quantitative estimate of drug-likeness (QED) is 0.168. The van der Waals surface area contributed by atoms with Crippen molar-refractivity contribution < 1.29 is 0 Å². The van der Waals surface area contributed by atoms with Gasteiger partial charge >= 0.3 is 0 Å². The van der Waals surface area contributed by atoms with Gasteiger partial charge in [0.15, 0.2) is 0 Å². The Balaban J connectivity index is 1.89. The van der Waals surface area contributed by atoms with Gasteiger partial charge in [-0.3, -0.25) is 0 Å². The third-order valence-corrected chi connectivity index (χ3v) is 7.50. The Labute approximate surface area is 205 Å². The minimum absolute atomic E-state index is 1.07. The molecule has 146 valence electrons. The van der Waals surface area contributed by atoms with Crippen LogP contribution in [0.15, 0.2) is 90.7 Å². The number of fused-ring (bicyclic) bond motifs is 6. The lowest BCUT2D eigenvalue weighted by Gasteiger charge is -2.13. The first-order valence-electron chi connectivity index (χ1n) is 9.30. The number of nitrogens with zero attached hydrogens (tertiary/aromatic N) is 2. The fraction of sp³-hybridized carbons (Fsp3) is 0. The molecule has 0 aliphatic rings. The minimum atomic E-state index is 1.07. The Hall–Kier alpha value is -1.60. The summed E-state index contributed by atoms with van der Waals surface area (Å²) in [6.07, 6.45) is 0. The zero-order valence-electron chi connectivity index (χ0n) is 15.3. The molecule has 0 bridgehead atoms. The fourth-order valence-electron chi connectivity index (χ4n) is 4.33. The third kappa shape index (κ3) is 2.77. The lowest BCUT2D eigenvalue weighted by molar-refractivity contribution is 0.774. The summed E-state index contributed by atoms with van der Waals surface area (Å²) < 4.78 is 8.95. The highest BCUT2D eigenvalue weighted by Gasteiger charge is 2.18. The van der Waals surface area contributed by atoms with Crippen LogP contribution in [0.2, 0.25) is 0 Å². The molecule has 0 radical (unpaired) electrons. The van der Waals surface area contributed by atoms with Crippen molar-refractivity contribution in [1.82, 2.24) is 9.35 Å². The minimum Gasteiger partial charge on any atom is -0.248 e. The molecule has 2 heterocycles. The smallest absolute Gasteiger partial charge is 0.0717 e. The molecule has 0 unspecified atom stereocenters. The van der Waals surface area contributed by atoms with Crippen LogP contribution in [-0.4, -0.2) is 9.35 Å². The summed E-state index contributed by atoms with van der Waals surface area (Å²) in [7, 11) is 0. The van der Waals surface area contributed by atoms with Crippen molar-refractivity contribution in [3.63, 3.8) is 0 Å². The van der Waals surface area contributed by atoms with Gasteiger partial charge < -0.3 is 0 Å². The lowest BCUT2D eigenvalue weighted by Crippen LogP contribution is -2.08. The van der Waals surface area contributed by atoms with Gasteiger partial charge in [0.25, 0.3) is 0 Å². The van der Waals surface area contributed by atoms with E-state index in [1.165, 1.54) is 21.5 Å². The van der Waals surface area contributed by atoms with Gasteiger partial charge in [-0.05, 0) is 72.8 Å². The van der Waals surface area contributed by atoms with Crippen LogP contribution in [0.4, 0.5) is 0 Å². The van der Waals surface area contributed by atoms with E-state index in [-0.39, 0.29) is 0 Å². The number of hydrogen-bond acceptors (Lipinski definition) is 0. The molecule has 0 saturated heterocycles. The van der Waals surface area contributed by atoms with Crippen molar-refractivity contribution in [2.45, 2.75) is 0 Å². The van der Waals surface area contributed by atoms with E-state index >= 15 is 0 Å². The summed E-state index contributed by atoms with van der Waals surface area (Å²) in [6.45, 7) is 0. The van der Waals surface area contributed by atoms with Gasteiger partial charge in [0.05, 0.1) is 22.1 Å². The summed E-state index contributed by atoms with van der Waals surface area (Å²) in [5, 5.41) is 4.85. The van der Waals surface area contributed by atoms with Crippen molar-refractivity contribution in [2.75, 3.05) is 0 Å². The fourth-order valence-corrected chi connectivity index (χ4v) is 5.77. The highest BCUT2D eigenvalue weighted by atomic mass is 79.9. The number of hydrogen-bond donors (Lipinski definition) is 0. The van der Waals surface area contributed by atoms with Crippen LogP contribution >= 0.6 is 63.7 Å². The normalized spacial score (nSPS) is 12.0. The van der Waals surface area contributed by atoms with Crippen molar-refractivity contribution in [3.8, 4) is 0 Å². The van der Waals surface area contributed by atoms with E-state index in [2.05, 4.69) is 146 Å². The number of benzene rings is 4. The third-order valence-electron chi connectivity index (χ3n) is 5.53. The maximum Gasteiger partial charge on any atom is 0.0717 e. The molecule has 0 amide bonds. The average Bonchev–Trinajstić information content (AvgIpc) is 3.19. The van der Waals surface area contributed by atoms with Crippen LogP contribution in [0, 0.1) is 0 Å². The first kappa shape index (κ1) is 19.1. The van der Waals surface area contributed by atoms with Crippen molar-refractivity contribution in [3.05, 3.63) is 90.7 Å². The average molecular weight is 648 g/mol. The van der Waals surface area contributed by atoms with E-state index in [1.807, 2.05) is 0 Å². The maximum atomic E-state index is 3.65. The zero-order valence-corrected chi connectivity index (χ0v) is 21.7. The molecule has 30 heavy (non-hydrogen) atoms. The lowest BCUT2D eigenvalue weighted by atomic mass is 10.2. The van der Waals surface area contributed by atoms with E-state index in [0.29, 0.717) is 0 Å². The highest BCUT2D eigenvalue weighted by molar-refractivity contribution is 9.11. The van der Waals surface area contributed by atoms with Gasteiger partial charge in [-0.25, -0.2) is 9.35 Å². The second-order valence-corrected chi connectivity index (χ2v) is 10.9. The summed E-state index contributed by atoms with van der Waals surface area (Å²) in [5.74, 6) is 0. The Kier molecular flexibility index (Phi) is 4.43. The predicted molar refractivity (Wildman–Crippen MR) is 140 cm³/mol. The topological polar surface area (TPSA) is 9.86 Å². The van der Waals surface area contributed by atoms with E-state index in [1.54, 1.807) is 0 Å². The Morgan fingerprint density at radius 2 is 0.600 bits per heavy atom. The van der Waals surface area contributed by atoms with E-state index < -0.39 is 0 Å². The van der Waals surface area contributed by atoms with Crippen LogP contribution in [0.1, 0.15) is 0 Å². The van der Waals surface area contributed by atoms with Crippen LogP contribution in [-0.2, 0) is 0 Å². The molecule has 2 nitrogen and oxygen atoms in total. The molecular weight excluding hydrogens is 636 g/mol. The second-order valence-electron chi connectivity index (χ2n) is 7.27. The molecular formula is C24H12Br4N2. The highest BCUT2D eigenvalue weighted by Crippen LogP contribution is 2.38. The van der Waals surface area contributed by atoms with Crippen LogP contribution < -0.4 is 0 Å². The molecule has 0 atom stereocenters. The first-order chi connectivity index (χ1) is 14.5. The number of rotatable bonds is 1. The number of aromatic nitrogens is 2. The molecule has 6 aromatic rings. The zero-order chi connectivity index (χ0) is 20.6. The largest absolute Gasteiger partial charge is 0.248 e. The molecule has 0 fully saturated rings. The maximum absolute atomic E-state index is 3.65. The molecule has 0 aliphatic heterocycles. The van der Waals surface area contributed by atoms with Crippen molar-refractivity contribution in [1.29, 1.82) is 0 Å². The molecule has 0 N–H and O–H groups in total. The van der Waals surface area contributed by atoms with Gasteiger partial charge in [-0.2, -0.15) is 0 Å². The predicted octanol–water partition coefficient (Wildman–Crippen LogP) is 9.26. The van der Waals surface area contributed by atoms with Gasteiger partial charge in [0.1, 0.15) is 0 Å². The van der Waals surface area contributed by atoms with E-state index in [4.69, 9.17) is 0 Å². The molecule has 0 aliphatic carbocycles. The standard InChI is InChI=1S/C24H12Br4N2/c25-13-1-5-21-17(9-13)18-10-14(26)2-6-22(18)29(21)30-23-7-3-15(27)11-19(23)20-12-16(28)4-8-24(20)30/h1-12H. The summed E-state index contributed by atoms with van der Waals surface area (Å²) in [5.41, 5.74) is 4.65. The van der Waals surface area contributed by atoms with Gasteiger partial charge in [-0.1, -0.05) is 63.7 Å². The monoisotopic (exact) mass is 644 g/mol. The number of halogens is 4. The summed E-state index contributed by atoms with van der Waals surface area (Å²) in [6, 6.07) is 25.9. The van der Waals surface area contributed by atoms with Crippen molar-refractivity contribution >= 4 is 107 Å². The molecule has 6 heteroatoms. The molecule has 6 rings (SSSR count). The van der Waals surface area contributed by atoms with E-state index in [0.717, 1.165) is 40.0 Å². The Morgan fingerprint density at radius 3 is 0.833 bits per heavy atom. The van der Waals surface area contributed by atoms with Crippen LogP contribution in [0.3, 0.4) is 0 Å². The second kappa shape index (κ2) is 6.95. The van der Waals surface area contributed by atoms with Crippen LogP contribution in [0.25, 0.3) is 43.6 Å². The summed E-state index contributed by atoms with van der Waals surface area (Å²) >= 11 is 14.6. The SMILES string of the molecule is Brc1ccc2c(c1)c1cc(Br)ccc1n2-n1c2ccc(Br)cc2c2cc(Br)ccc21. The van der Waals surface area contributed by atoms with Gasteiger partial charge in [0, 0.05) is 39.4 Å². The van der Waals surface area contributed by atoms with Crippen LogP contribution in [0.5, 0.6) is 0 Å². The molecule has 0 saturated carbocycles. The first-order valence-corrected chi connectivity index (χ1v) is 12.5. The molecule has 2 aromatic heterocycles. The summed E-state index contributed by atoms with van der Waals surface area (Å²) in [4.78, 5) is 0. The Morgan fingerprint density at radius 1 is 0.367 bits per heavy atom. The van der Waals surface area contributed by atoms with Gasteiger partial charge in [0.2, 0.25) is 0 Å². The van der Waals surface area contributed by atoms with Crippen molar-refractivity contribution in [2.24, 2.45) is 0 Å². The Bertz CT molecular complexity index is 1400. The molecule has 0 spiro atoms. The molecule has 4 aromatic carbocycles. The van der Waals surface area contributed by atoms with Gasteiger partial charge in [-0.15, -0.1) is 0 Å². The van der Waals surface area contributed by atoms with E-state index in [9.17, 15) is 0 Å².